The molecule has 1 amide bonds. The van der Waals surface area contributed by atoms with E-state index in [1.54, 1.807) is 20.8 Å². The minimum Gasteiger partial charge on any atom is -0.465 e. The smallest absolute Gasteiger partial charge is 0.326 e. The Morgan fingerprint density at radius 2 is 2.18 bits per heavy atom. The van der Waals surface area contributed by atoms with Crippen LogP contribution in [-0.2, 0) is 20.9 Å². The third-order valence-corrected chi connectivity index (χ3v) is 2.85. The predicted molar refractivity (Wildman–Crippen MR) is 78.2 cm³/mol. The molecule has 2 aromatic rings. The summed E-state index contributed by atoms with van der Waals surface area (Å²) in [6.45, 7) is 5.29. The third-order valence-electron chi connectivity index (χ3n) is 2.85. The first-order valence-corrected chi connectivity index (χ1v) is 6.84. The minimum atomic E-state index is -0.494. The van der Waals surface area contributed by atoms with Crippen LogP contribution in [0.25, 0.3) is 11.2 Å². The molecular formula is C13H17N5O4. The molecule has 22 heavy (non-hydrogen) atoms. The Balaban J connectivity index is 2.36. The summed E-state index contributed by atoms with van der Waals surface area (Å²) < 4.78 is 6.25. The van der Waals surface area contributed by atoms with E-state index in [-0.39, 0.29) is 42.1 Å². The third kappa shape index (κ3) is 3.30. The average molecular weight is 307 g/mol. The number of amides is 1. The SMILES string of the molecule is CCOC(=O)Cn1cnc2c(=O)[nH]c(NC(=O)C(C)C)nc21. The highest BCUT2D eigenvalue weighted by molar-refractivity contribution is 5.91. The van der Waals surface area contributed by atoms with E-state index in [0.717, 1.165) is 0 Å². The van der Waals surface area contributed by atoms with Gasteiger partial charge in [-0.15, -0.1) is 0 Å². The van der Waals surface area contributed by atoms with E-state index in [2.05, 4.69) is 20.3 Å². The van der Waals surface area contributed by atoms with Crippen molar-refractivity contribution in [3.05, 3.63) is 16.7 Å². The molecule has 0 aliphatic carbocycles. The monoisotopic (exact) mass is 307 g/mol. The molecule has 2 rings (SSSR count). The molecule has 0 saturated heterocycles. The molecule has 9 heteroatoms. The van der Waals surface area contributed by atoms with E-state index in [1.807, 2.05) is 0 Å². The Morgan fingerprint density at radius 3 is 2.82 bits per heavy atom. The average Bonchev–Trinajstić information content (AvgIpc) is 2.82. The molecule has 0 fully saturated rings. The van der Waals surface area contributed by atoms with E-state index in [9.17, 15) is 14.4 Å². The number of anilines is 1. The van der Waals surface area contributed by atoms with Gasteiger partial charge in [-0.3, -0.25) is 24.7 Å². The van der Waals surface area contributed by atoms with Crippen molar-refractivity contribution < 1.29 is 14.3 Å². The lowest BCUT2D eigenvalue weighted by Gasteiger charge is -2.07. The maximum Gasteiger partial charge on any atom is 0.326 e. The van der Waals surface area contributed by atoms with Crippen molar-refractivity contribution in [1.82, 2.24) is 19.5 Å². The first-order chi connectivity index (χ1) is 10.4. The second kappa shape index (κ2) is 6.37. The summed E-state index contributed by atoms with van der Waals surface area (Å²) in [5.41, 5.74) is -0.200. The fourth-order valence-corrected chi connectivity index (χ4v) is 1.74. The van der Waals surface area contributed by atoms with Crippen LogP contribution in [0, 0.1) is 5.92 Å². The number of carbonyl (C=O) groups is 2. The number of esters is 1. The first-order valence-electron chi connectivity index (χ1n) is 6.84. The van der Waals surface area contributed by atoms with Gasteiger partial charge in [0, 0.05) is 5.92 Å². The highest BCUT2D eigenvalue weighted by atomic mass is 16.5. The number of aromatic amines is 1. The van der Waals surface area contributed by atoms with Gasteiger partial charge in [0.1, 0.15) is 6.54 Å². The predicted octanol–water partition coefficient (Wildman–Crippen LogP) is 0.277. The van der Waals surface area contributed by atoms with E-state index >= 15 is 0 Å². The van der Waals surface area contributed by atoms with Crippen molar-refractivity contribution in [2.24, 2.45) is 5.92 Å². The molecule has 0 radical (unpaired) electrons. The van der Waals surface area contributed by atoms with Gasteiger partial charge >= 0.3 is 5.97 Å². The summed E-state index contributed by atoms with van der Waals surface area (Å²) >= 11 is 0. The van der Waals surface area contributed by atoms with Crippen molar-refractivity contribution in [3.8, 4) is 0 Å². The Morgan fingerprint density at radius 1 is 1.45 bits per heavy atom. The van der Waals surface area contributed by atoms with Gasteiger partial charge in [0.05, 0.1) is 12.9 Å². The largest absolute Gasteiger partial charge is 0.465 e. The zero-order valence-electron chi connectivity index (χ0n) is 12.5. The molecule has 2 aromatic heterocycles. The molecule has 0 bridgehead atoms. The maximum absolute atomic E-state index is 11.9. The van der Waals surface area contributed by atoms with Crippen molar-refractivity contribution >= 4 is 29.0 Å². The Bertz CT molecular complexity index is 761. The van der Waals surface area contributed by atoms with Gasteiger partial charge in [0.15, 0.2) is 11.2 Å². The van der Waals surface area contributed by atoms with Crippen molar-refractivity contribution in [2.75, 3.05) is 11.9 Å². The number of H-pyrrole nitrogens is 1. The number of aromatic nitrogens is 4. The molecule has 2 heterocycles. The Hall–Kier alpha value is -2.71. The Kier molecular flexibility index (Phi) is 4.54. The van der Waals surface area contributed by atoms with Crippen LogP contribution in [-0.4, -0.2) is 38.0 Å². The highest BCUT2D eigenvalue weighted by Gasteiger charge is 2.15. The number of nitrogens with one attached hydrogen (secondary N) is 2. The highest BCUT2D eigenvalue weighted by Crippen LogP contribution is 2.09. The van der Waals surface area contributed by atoms with Crippen LogP contribution in [0.3, 0.4) is 0 Å². The molecule has 0 atom stereocenters. The topological polar surface area (TPSA) is 119 Å². The quantitative estimate of drug-likeness (QED) is 0.766. The molecule has 0 unspecified atom stereocenters. The number of nitrogens with zero attached hydrogens (tertiary/aromatic N) is 3. The molecule has 118 valence electrons. The van der Waals surface area contributed by atoms with Crippen molar-refractivity contribution in [2.45, 2.75) is 27.3 Å². The van der Waals surface area contributed by atoms with Crippen LogP contribution in [0.15, 0.2) is 11.1 Å². The zero-order chi connectivity index (χ0) is 16.3. The lowest BCUT2D eigenvalue weighted by Crippen LogP contribution is -2.22. The van der Waals surface area contributed by atoms with Gasteiger partial charge in [0.25, 0.3) is 5.56 Å². The van der Waals surface area contributed by atoms with Crippen LogP contribution >= 0.6 is 0 Å². The molecule has 0 aromatic carbocycles. The normalized spacial score (nSPS) is 10.9. The maximum atomic E-state index is 11.9. The summed E-state index contributed by atoms with van der Waals surface area (Å²) in [6.07, 6.45) is 1.33. The number of hydrogen-bond donors (Lipinski definition) is 2. The number of rotatable bonds is 5. The zero-order valence-corrected chi connectivity index (χ0v) is 12.5. The van der Waals surface area contributed by atoms with Gasteiger partial charge in [-0.25, -0.2) is 4.98 Å². The van der Waals surface area contributed by atoms with Crippen molar-refractivity contribution in [1.29, 1.82) is 0 Å². The summed E-state index contributed by atoms with van der Waals surface area (Å²) in [5, 5.41) is 2.51. The number of ether oxygens (including phenoxy) is 1. The molecular weight excluding hydrogens is 290 g/mol. The van der Waals surface area contributed by atoms with Gasteiger partial charge in [0.2, 0.25) is 11.9 Å². The van der Waals surface area contributed by atoms with E-state index in [0.29, 0.717) is 0 Å². The van der Waals surface area contributed by atoms with Crippen LogP contribution in [0.2, 0.25) is 0 Å². The summed E-state index contributed by atoms with van der Waals surface area (Å²) in [4.78, 5) is 45.6. The summed E-state index contributed by atoms with van der Waals surface area (Å²) in [7, 11) is 0. The van der Waals surface area contributed by atoms with Gasteiger partial charge in [-0.05, 0) is 6.92 Å². The number of carbonyl (C=O) groups excluding carboxylic acids is 2. The molecule has 2 N–H and O–H groups in total. The standard InChI is InChI=1S/C13H17N5O4/c1-4-22-8(19)5-18-6-14-9-10(18)15-13(17-12(9)21)16-11(20)7(2)3/h6-7H,4-5H2,1-3H3,(H2,15,16,17,20,21). The van der Waals surface area contributed by atoms with Gasteiger partial charge < -0.3 is 9.30 Å². The molecule has 0 aliphatic rings. The van der Waals surface area contributed by atoms with Crippen LogP contribution in [0.1, 0.15) is 20.8 Å². The summed E-state index contributed by atoms with van der Waals surface area (Å²) in [6, 6.07) is 0. The molecule has 0 saturated carbocycles. The number of fused-ring (bicyclic) bond motifs is 1. The van der Waals surface area contributed by atoms with E-state index in [1.165, 1.54) is 10.9 Å². The van der Waals surface area contributed by atoms with Gasteiger partial charge in [-0.2, -0.15) is 4.98 Å². The first kappa shape index (κ1) is 15.7. The van der Waals surface area contributed by atoms with Gasteiger partial charge in [-0.1, -0.05) is 13.8 Å². The minimum absolute atomic E-state index is 0.0156. The number of imidazole rings is 1. The fraction of sp³-hybridized carbons (Fsp3) is 0.462. The molecule has 0 aliphatic heterocycles. The second-order valence-electron chi connectivity index (χ2n) is 4.91. The Labute approximate surface area is 125 Å². The summed E-state index contributed by atoms with van der Waals surface area (Å²) in [5.74, 6) is -0.983. The fourth-order valence-electron chi connectivity index (χ4n) is 1.74. The van der Waals surface area contributed by atoms with Crippen molar-refractivity contribution in [3.63, 3.8) is 0 Å². The van der Waals surface area contributed by atoms with E-state index < -0.39 is 11.5 Å². The second-order valence-corrected chi connectivity index (χ2v) is 4.91. The van der Waals surface area contributed by atoms with Crippen LogP contribution < -0.4 is 10.9 Å². The lowest BCUT2D eigenvalue weighted by atomic mass is 10.2. The lowest BCUT2D eigenvalue weighted by molar-refractivity contribution is -0.143. The van der Waals surface area contributed by atoms with Crippen LogP contribution in [0.5, 0.6) is 0 Å². The van der Waals surface area contributed by atoms with E-state index in [4.69, 9.17) is 4.74 Å². The molecule has 9 nitrogen and oxygen atoms in total. The molecule has 0 spiro atoms. The van der Waals surface area contributed by atoms with Crippen LogP contribution in [0.4, 0.5) is 5.95 Å². The number of hydrogen-bond acceptors (Lipinski definition) is 6.